The number of methoxy groups -OCH3 is 2. The van der Waals surface area contributed by atoms with Crippen LogP contribution in [0.15, 0.2) is 42.5 Å². The van der Waals surface area contributed by atoms with Crippen LogP contribution in [0, 0.1) is 0 Å². The van der Waals surface area contributed by atoms with Gasteiger partial charge in [-0.3, -0.25) is 0 Å². The number of carbonyl (C=O) groups is 1. The molecule has 1 aliphatic heterocycles. The van der Waals surface area contributed by atoms with E-state index in [0.717, 1.165) is 46.4 Å². The Hall–Kier alpha value is -3.00. The molecule has 7 nitrogen and oxygen atoms in total. The quantitative estimate of drug-likeness (QED) is 0.655. The normalized spacial score (nSPS) is 14.1. The monoisotopic (exact) mass is 426 g/mol. The minimum atomic E-state index is -0.00259. The first-order chi connectivity index (χ1) is 14.7. The minimum absolute atomic E-state index is 0.00259. The van der Waals surface area contributed by atoms with Crippen molar-refractivity contribution in [3.63, 3.8) is 0 Å². The molecule has 1 fully saturated rings. The summed E-state index contributed by atoms with van der Waals surface area (Å²) >= 11 is 1.66. The van der Waals surface area contributed by atoms with Crippen molar-refractivity contribution in [2.24, 2.45) is 0 Å². The zero-order chi connectivity index (χ0) is 20.9. The van der Waals surface area contributed by atoms with Gasteiger partial charge in [0.15, 0.2) is 5.13 Å². The summed E-state index contributed by atoms with van der Waals surface area (Å²) in [5.41, 5.74) is 2.16. The maximum absolute atomic E-state index is 12.5. The molecule has 0 unspecified atom stereocenters. The SMILES string of the molecule is COc1ccc(CCNC(=O)N2CCN(c3nc4ccc(OC)cc4s3)CC2)cc1. The second kappa shape index (κ2) is 9.21. The fourth-order valence-corrected chi connectivity index (χ4v) is 4.52. The van der Waals surface area contributed by atoms with Gasteiger partial charge in [-0.2, -0.15) is 0 Å². The van der Waals surface area contributed by atoms with Gasteiger partial charge in [0.05, 0.1) is 24.4 Å². The van der Waals surface area contributed by atoms with Gasteiger partial charge >= 0.3 is 6.03 Å². The first kappa shape index (κ1) is 20.3. The average molecular weight is 427 g/mol. The molecule has 1 aromatic heterocycles. The van der Waals surface area contributed by atoms with Crippen molar-refractivity contribution < 1.29 is 14.3 Å². The maximum Gasteiger partial charge on any atom is 0.317 e. The number of aromatic nitrogens is 1. The van der Waals surface area contributed by atoms with Crippen molar-refractivity contribution in [3.8, 4) is 11.5 Å². The number of rotatable bonds is 6. The Labute approximate surface area is 180 Å². The van der Waals surface area contributed by atoms with Crippen LogP contribution in [-0.4, -0.2) is 62.9 Å². The Balaban J connectivity index is 1.26. The van der Waals surface area contributed by atoms with Crippen LogP contribution in [0.4, 0.5) is 9.93 Å². The summed E-state index contributed by atoms with van der Waals surface area (Å²) in [5.74, 6) is 1.68. The van der Waals surface area contributed by atoms with Crippen LogP contribution in [0.2, 0.25) is 0 Å². The fraction of sp³-hybridized carbons (Fsp3) is 0.364. The van der Waals surface area contributed by atoms with Crippen LogP contribution in [0.3, 0.4) is 0 Å². The molecule has 3 aromatic rings. The summed E-state index contributed by atoms with van der Waals surface area (Å²) in [5, 5.41) is 4.03. The van der Waals surface area contributed by atoms with Gasteiger partial charge < -0.3 is 24.6 Å². The van der Waals surface area contributed by atoms with Gasteiger partial charge in [0.25, 0.3) is 0 Å². The van der Waals surface area contributed by atoms with Crippen molar-refractivity contribution >= 4 is 32.7 Å². The summed E-state index contributed by atoms with van der Waals surface area (Å²) < 4.78 is 11.6. The van der Waals surface area contributed by atoms with Gasteiger partial charge in [-0.1, -0.05) is 23.5 Å². The van der Waals surface area contributed by atoms with E-state index in [1.807, 2.05) is 47.4 Å². The number of nitrogens with one attached hydrogen (secondary N) is 1. The van der Waals surface area contributed by atoms with Crippen LogP contribution in [0.25, 0.3) is 10.2 Å². The number of benzene rings is 2. The van der Waals surface area contributed by atoms with E-state index in [-0.39, 0.29) is 6.03 Å². The van der Waals surface area contributed by atoms with Gasteiger partial charge in [0, 0.05) is 32.7 Å². The highest BCUT2D eigenvalue weighted by atomic mass is 32.1. The summed E-state index contributed by atoms with van der Waals surface area (Å²) in [4.78, 5) is 21.4. The molecule has 8 heteroatoms. The maximum atomic E-state index is 12.5. The van der Waals surface area contributed by atoms with Crippen LogP contribution in [-0.2, 0) is 6.42 Å². The van der Waals surface area contributed by atoms with Gasteiger partial charge in [0.2, 0.25) is 0 Å². The molecule has 0 atom stereocenters. The van der Waals surface area contributed by atoms with Gasteiger partial charge in [-0.15, -0.1) is 0 Å². The smallest absolute Gasteiger partial charge is 0.317 e. The molecule has 2 heterocycles. The van der Waals surface area contributed by atoms with E-state index in [1.165, 1.54) is 5.56 Å². The third kappa shape index (κ3) is 4.59. The number of piperazine rings is 1. The molecular weight excluding hydrogens is 400 g/mol. The molecule has 2 amide bonds. The number of hydrogen-bond acceptors (Lipinski definition) is 6. The highest BCUT2D eigenvalue weighted by Crippen LogP contribution is 2.31. The molecule has 1 N–H and O–H groups in total. The summed E-state index contributed by atoms with van der Waals surface area (Å²) in [6.45, 7) is 3.55. The number of anilines is 1. The Bertz CT molecular complexity index is 997. The summed E-state index contributed by atoms with van der Waals surface area (Å²) in [6, 6.07) is 13.9. The van der Waals surface area contributed by atoms with Crippen molar-refractivity contribution in [3.05, 3.63) is 48.0 Å². The molecule has 0 radical (unpaired) electrons. The first-order valence-electron chi connectivity index (χ1n) is 10.0. The Morgan fingerprint density at radius 3 is 2.43 bits per heavy atom. The number of hydrogen-bond donors (Lipinski definition) is 1. The van der Waals surface area contributed by atoms with Crippen LogP contribution < -0.4 is 19.7 Å². The number of nitrogens with zero attached hydrogens (tertiary/aromatic N) is 3. The van der Waals surface area contributed by atoms with Crippen molar-refractivity contribution in [1.29, 1.82) is 0 Å². The lowest BCUT2D eigenvalue weighted by molar-refractivity contribution is 0.194. The van der Waals surface area contributed by atoms with Gasteiger partial charge in [-0.05, 0) is 42.3 Å². The molecule has 0 aliphatic carbocycles. The third-order valence-electron chi connectivity index (χ3n) is 5.27. The largest absolute Gasteiger partial charge is 0.497 e. The zero-order valence-electron chi connectivity index (χ0n) is 17.3. The standard InChI is InChI=1S/C22H26N4O3S/c1-28-17-5-3-16(4-6-17)9-10-23-21(27)25-11-13-26(14-12-25)22-24-19-8-7-18(29-2)15-20(19)30-22/h3-8,15H,9-14H2,1-2H3,(H,23,27). The van der Waals surface area contributed by atoms with E-state index in [4.69, 9.17) is 14.5 Å². The minimum Gasteiger partial charge on any atom is -0.497 e. The second-order valence-corrected chi connectivity index (χ2v) is 8.14. The number of ether oxygens (including phenoxy) is 2. The molecule has 0 spiro atoms. The van der Waals surface area contributed by atoms with E-state index in [0.29, 0.717) is 19.6 Å². The topological polar surface area (TPSA) is 66.9 Å². The van der Waals surface area contributed by atoms with E-state index in [9.17, 15) is 4.79 Å². The van der Waals surface area contributed by atoms with Crippen LogP contribution >= 0.6 is 11.3 Å². The van der Waals surface area contributed by atoms with E-state index >= 15 is 0 Å². The summed E-state index contributed by atoms with van der Waals surface area (Å²) in [7, 11) is 3.33. The lowest BCUT2D eigenvalue weighted by Gasteiger charge is -2.34. The molecular formula is C22H26N4O3S. The molecule has 30 heavy (non-hydrogen) atoms. The number of urea groups is 1. The molecule has 1 aliphatic rings. The molecule has 0 bridgehead atoms. The highest BCUT2D eigenvalue weighted by Gasteiger charge is 2.23. The molecule has 1 saturated heterocycles. The number of thiazole rings is 1. The molecule has 158 valence electrons. The van der Waals surface area contributed by atoms with Crippen molar-refractivity contribution in [2.75, 3.05) is 51.8 Å². The number of carbonyl (C=O) groups excluding carboxylic acids is 1. The van der Waals surface area contributed by atoms with Gasteiger partial charge in [0.1, 0.15) is 11.5 Å². The van der Waals surface area contributed by atoms with Crippen LogP contribution in [0.5, 0.6) is 11.5 Å². The number of fused-ring (bicyclic) bond motifs is 1. The van der Waals surface area contributed by atoms with Crippen molar-refractivity contribution in [1.82, 2.24) is 15.2 Å². The fourth-order valence-electron chi connectivity index (χ4n) is 3.47. The number of amides is 2. The zero-order valence-corrected chi connectivity index (χ0v) is 18.1. The average Bonchev–Trinajstić information content (AvgIpc) is 3.23. The molecule has 2 aromatic carbocycles. The Kier molecular flexibility index (Phi) is 6.23. The highest BCUT2D eigenvalue weighted by molar-refractivity contribution is 7.22. The molecule has 4 rings (SSSR count). The van der Waals surface area contributed by atoms with Gasteiger partial charge in [-0.25, -0.2) is 9.78 Å². The van der Waals surface area contributed by atoms with E-state index in [2.05, 4.69) is 10.2 Å². The summed E-state index contributed by atoms with van der Waals surface area (Å²) in [6.07, 6.45) is 0.796. The van der Waals surface area contributed by atoms with Crippen molar-refractivity contribution in [2.45, 2.75) is 6.42 Å². The Morgan fingerprint density at radius 1 is 1.03 bits per heavy atom. The van der Waals surface area contributed by atoms with E-state index < -0.39 is 0 Å². The first-order valence-corrected chi connectivity index (χ1v) is 10.8. The second-order valence-electron chi connectivity index (χ2n) is 7.13. The lowest BCUT2D eigenvalue weighted by atomic mass is 10.1. The van der Waals surface area contributed by atoms with Crippen LogP contribution in [0.1, 0.15) is 5.56 Å². The van der Waals surface area contributed by atoms with E-state index in [1.54, 1.807) is 25.6 Å². The molecule has 0 saturated carbocycles. The lowest BCUT2D eigenvalue weighted by Crippen LogP contribution is -2.52. The predicted molar refractivity (Wildman–Crippen MR) is 120 cm³/mol. The third-order valence-corrected chi connectivity index (χ3v) is 6.35. The Morgan fingerprint density at radius 2 is 1.73 bits per heavy atom. The predicted octanol–water partition coefficient (Wildman–Crippen LogP) is 3.39.